The Hall–Kier alpha value is -2.13. The predicted octanol–water partition coefficient (Wildman–Crippen LogP) is 4.36. The second kappa shape index (κ2) is 10.1. The van der Waals surface area contributed by atoms with Crippen LogP contribution in [0.4, 0.5) is 0 Å². The fourth-order valence-corrected chi connectivity index (χ4v) is 7.62. The molecule has 1 spiro atoms. The number of hydrogen-bond donors (Lipinski definition) is 0. The van der Waals surface area contributed by atoms with Gasteiger partial charge in [0.25, 0.3) is 5.91 Å². The van der Waals surface area contributed by atoms with Crippen molar-refractivity contribution in [2.24, 2.45) is 0 Å². The van der Waals surface area contributed by atoms with E-state index in [-0.39, 0.29) is 52.7 Å². The number of carbonyl (C=O) groups excluding carboxylic acids is 1. The summed E-state index contributed by atoms with van der Waals surface area (Å²) in [5.41, 5.74) is -0.457. The van der Waals surface area contributed by atoms with Crippen molar-refractivity contribution in [2.75, 3.05) is 32.3 Å². The van der Waals surface area contributed by atoms with Crippen LogP contribution in [0.3, 0.4) is 0 Å². The molecule has 1 unspecified atom stereocenters. The average molecular weight is 568 g/mol. The number of rotatable bonds is 8. The standard InChI is InChI=1S/C24H31BrN3O6P/c1-5-33-35(31,34-6-2)18-12-13-24(14-18)26(3)23(30)20-22(32-16-17-10-8-7-9-11-17)21(29)19(25)15-28(20)27(24)4/h7-11,15,18H,5-6,12-14,16H2,1-4H3/t18-,24?/m0/s1. The van der Waals surface area contributed by atoms with E-state index < -0.39 is 13.3 Å². The molecule has 1 saturated carbocycles. The first-order valence-electron chi connectivity index (χ1n) is 11.7. The highest BCUT2D eigenvalue weighted by molar-refractivity contribution is 9.10. The molecule has 0 saturated heterocycles. The van der Waals surface area contributed by atoms with Crippen molar-refractivity contribution in [2.45, 2.75) is 51.0 Å². The second-order valence-corrected chi connectivity index (χ2v) is 11.9. The SMILES string of the molecule is CCOP(=O)(OCC)[C@H]1CCC2(C1)N(C)C(=O)c1c(OCc3ccccc3)c(=O)c(Br)cn1N2C. The van der Waals surface area contributed by atoms with Crippen molar-refractivity contribution in [3.8, 4) is 5.75 Å². The molecule has 1 aliphatic heterocycles. The molecule has 1 aliphatic carbocycles. The summed E-state index contributed by atoms with van der Waals surface area (Å²) in [6.45, 7) is 4.30. The van der Waals surface area contributed by atoms with E-state index in [9.17, 15) is 14.2 Å². The normalized spacial score (nSPS) is 22.1. The van der Waals surface area contributed by atoms with Gasteiger partial charge >= 0.3 is 7.60 Å². The van der Waals surface area contributed by atoms with Gasteiger partial charge in [-0.3, -0.25) is 23.8 Å². The van der Waals surface area contributed by atoms with Crippen molar-refractivity contribution < 1.29 is 23.1 Å². The molecule has 1 aromatic carbocycles. The van der Waals surface area contributed by atoms with Gasteiger partial charge in [0.05, 0.1) is 23.3 Å². The molecule has 2 atom stereocenters. The summed E-state index contributed by atoms with van der Waals surface area (Å²) in [6.07, 6.45) is 3.15. The van der Waals surface area contributed by atoms with E-state index in [4.69, 9.17) is 13.8 Å². The van der Waals surface area contributed by atoms with Crippen LogP contribution in [0, 0.1) is 0 Å². The predicted molar refractivity (Wildman–Crippen MR) is 137 cm³/mol. The summed E-state index contributed by atoms with van der Waals surface area (Å²) < 4.78 is 32.6. The smallest absolute Gasteiger partial charge is 0.333 e. The number of nitrogens with zero attached hydrogens (tertiary/aromatic N) is 3. The lowest BCUT2D eigenvalue weighted by atomic mass is 10.0. The Morgan fingerprint density at radius 1 is 1.11 bits per heavy atom. The molecular weight excluding hydrogens is 537 g/mol. The van der Waals surface area contributed by atoms with Gasteiger partial charge in [0.1, 0.15) is 12.3 Å². The average Bonchev–Trinajstić information content (AvgIpc) is 3.31. The van der Waals surface area contributed by atoms with E-state index in [1.165, 1.54) is 0 Å². The zero-order valence-corrected chi connectivity index (χ0v) is 22.9. The maximum absolute atomic E-state index is 13.7. The van der Waals surface area contributed by atoms with Crippen molar-refractivity contribution in [3.63, 3.8) is 0 Å². The minimum atomic E-state index is -3.35. The Bertz CT molecular complexity index is 1200. The van der Waals surface area contributed by atoms with Gasteiger partial charge in [-0.05, 0) is 48.2 Å². The largest absolute Gasteiger partial charge is 0.482 e. The number of amides is 1. The number of fused-ring (bicyclic) bond motifs is 1. The quantitative estimate of drug-likeness (QED) is 0.438. The molecule has 0 N–H and O–H groups in total. The first kappa shape index (κ1) is 25.9. The summed E-state index contributed by atoms with van der Waals surface area (Å²) in [7, 11) is 0.227. The first-order chi connectivity index (χ1) is 16.7. The monoisotopic (exact) mass is 567 g/mol. The van der Waals surface area contributed by atoms with E-state index in [0.717, 1.165) is 5.56 Å². The summed E-state index contributed by atoms with van der Waals surface area (Å²) in [6, 6.07) is 9.46. The zero-order chi connectivity index (χ0) is 25.4. The van der Waals surface area contributed by atoms with Gasteiger partial charge < -0.3 is 18.7 Å². The molecule has 190 valence electrons. The molecule has 35 heavy (non-hydrogen) atoms. The van der Waals surface area contributed by atoms with Gasteiger partial charge in [-0.1, -0.05) is 30.3 Å². The highest BCUT2D eigenvalue weighted by Crippen LogP contribution is 2.61. The lowest BCUT2D eigenvalue weighted by Crippen LogP contribution is -2.67. The zero-order valence-electron chi connectivity index (χ0n) is 20.4. The summed E-state index contributed by atoms with van der Waals surface area (Å²) >= 11 is 3.35. The highest BCUT2D eigenvalue weighted by Gasteiger charge is 2.56. The second-order valence-electron chi connectivity index (χ2n) is 8.74. The van der Waals surface area contributed by atoms with E-state index in [0.29, 0.717) is 19.3 Å². The van der Waals surface area contributed by atoms with Gasteiger partial charge in [-0.25, -0.2) is 0 Å². The van der Waals surface area contributed by atoms with Gasteiger partial charge in [0, 0.05) is 26.7 Å². The minimum absolute atomic E-state index is 0.00868. The van der Waals surface area contributed by atoms with Crippen molar-refractivity contribution in [1.82, 2.24) is 9.58 Å². The van der Waals surface area contributed by atoms with Crippen LogP contribution < -0.4 is 15.2 Å². The van der Waals surface area contributed by atoms with Crippen LogP contribution in [0.2, 0.25) is 0 Å². The molecule has 2 aliphatic rings. The molecule has 2 aromatic rings. The van der Waals surface area contributed by atoms with Crippen molar-refractivity contribution in [3.05, 3.63) is 62.5 Å². The Labute approximate surface area is 213 Å². The highest BCUT2D eigenvalue weighted by atomic mass is 79.9. The third-order valence-corrected chi connectivity index (χ3v) is 10.0. The summed E-state index contributed by atoms with van der Waals surface area (Å²) in [4.78, 5) is 28.4. The van der Waals surface area contributed by atoms with Crippen LogP contribution in [-0.2, 0) is 20.2 Å². The summed E-state index contributed by atoms with van der Waals surface area (Å²) in [5.74, 6) is -0.343. The minimum Gasteiger partial charge on any atom is -0.482 e. The number of halogens is 1. The van der Waals surface area contributed by atoms with Gasteiger partial charge in [-0.15, -0.1) is 0 Å². The van der Waals surface area contributed by atoms with Gasteiger partial charge in [-0.2, -0.15) is 0 Å². The van der Waals surface area contributed by atoms with Crippen molar-refractivity contribution in [1.29, 1.82) is 0 Å². The van der Waals surface area contributed by atoms with Crippen LogP contribution in [0.25, 0.3) is 0 Å². The fourth-order valence-electron chi connectivity index (χ4n) is 5.07. The third kappa shape index (κ3) is 4.46. The number of carbonyl (C=O) groups is 1. The van der Waals surface area contributed by atoms with Crippen LogP contribution in [0.1, 0.15) is 49.2 Å². The van der Waals surface area contributed by atoms with Crippen LogP contribution >= 0.6 is 23.5 Å². The molecule has 1 amide bonds. The van der Waals surface area contributed by atoms with E-state index in [2.05, 4.69) is 15.9 Å². The molecule has 1 aromatic heterocycles. The Balaban J connectivity index is 1.72. The number of hydrogen-bond acceptors (Lipinski definition) is 7. The van der Waals surface area contributed by atoms with Gasteiger partial charge in [0.2, 0.25) is 5.43 Å². The number of ether oxygens (including phenoxy) is 1. The number of aromatic nitrogens is 1. The molecular formula is C24H31BrN3O6P. The Morgan fingerprint density at radius 2 is 1.77 bits per heavy atom. The Kier molecular flexibility index (Phi) is 7.48. The van der Waals surface area contributed by atoms with Crippen LogP contribution in [-0.4, -0.2) is 54.1 Å². The lowest BCUT2D eigenvalue weighted by molar-refractivity contribution is 0.0399. The Morgan fingerprint density at radius 3 is 2.40 bits per heavy atom. The molecule has 2 heterocycles. The fraction of sp³-hybridized carbons (Fsp3) is 0.500. The number of pyridine rings is 1. The first-order valence-corrected chi connectivity index (χ1v) is 14.1. The van der Waals surface area contributed by atoms with Crippen LogP contribution in [0.5, 0.6) is 5.75 Å². The molecule has 1 fully saturated rings. The van der Waals surface area contributed by atoms with Crippen molar-refractivity contribution >= 4 is 29.4 Å². The lowest BCUT2D eigenvalue weighted by Gasteiger charge is -2.51. The van der Waals surface area contributed by atoms with Gasteiger partial charge in [0.15, 0.2) is 11.4 Å². The van der Waals surface area contributed by atoms with E-state index in [1.54, 1.807) is 36.7 Å². The molecule has 11 heteroatoms. The molecule has 4 rings (SSSR count). The molecule has 0 bridgehead atoms. The topological polar surface area (TPSA) is 90.3 Å². The van der Waals surface area contributed by atoms with Crippen LogP contribution in [0.15, 0.2) is 45.8 Å². The number of benzene rings is 1. The van der Waals surface area contributed by atoms with E-state index >= 15 is 0 Å². The van der Waals surface area contributed by atoms with E-state index in [1.807, 2.05) is 42.4 Å². The third-order valence-electron chi connectivity index (χ3n) is 6.89. The maximum Gasteiger partial charge on any atom is 0.333 e. The molecule has 0 radical (unpaired) electrons. The summed E-state index contributed by atoms with van der Waals surface area (Å²) in [5, 5.41) is 1.92. The molecule has 9 nitrogen and oxygen atoms in total. The maximum atomic E-state index is 13.7.